The number of thioether (sulfide) groups is 1. The lowest BCUT2D eigenvalue weighted by atomic mass is 10.2. The summed E-state index contributed by atoms with van der Waals surface area (Å²) < 4.78 is 51.5. The highest BCUT2D eigenvalue weighted by Gasteiger charge is 2.33. The summed E-state index contributed by atoms with van der Waals surface area (Å²) in [5.41, 5.74) is -1.25. The molecule has 0 heterocycles. The molecule has 2 aromatic carbocycles. The highest BCUT2D eigenvalue weighted by atomic mass is 32.2. The molecule has 0 saturated carbocycles. The molecule has 0 N–H and O–H groups in total. The quantitative estimate of drug-likeness (QED) is 0.279. The second kappa shape index (κ2) is 9.05. The first-order valence-corrected chi connectivity index (χ1v) is 9.11. The second-order valence-corrected chi connectivity index (χ2v) is 6.78. The van der Waals surface area contributed by atoms with Crippen LogP contribution in [0.5, 0.6) is 0 Å². The molecule has 0 fully saturated rings. The molecular formula is C18H16F4N2O3S. The number of hydrogen-bond acceptors (Lipinski definition) is 4. The minimum atomic E-state index is -4.70. The summed E-state index contributed by atoms with van der Waals surface area (Å²) in [6, 6.07) is 7.93. The van der Waals surface area contributed by atoms with Crippen LogP contribution in [-0.4, -0.2) is 28.0 Å². The molecule has 5 nitrogen and oxygen atoms in total. The molecule has 0 aliphatic rings. The Morgan fingerprint density at radius 3 is 2.50 bits per heavy atom. The molecule has 0 saturated heterocycles. The molecule has 2 aromatic rings. The zero-order chi connectivity index (χ0) is 20.9. The third-order valence-electron chi connectivity index (χ3n) is 3.83. The van der Waals surface area contributed by atoms with Gasteiger partial charge in [0.25, 0.3) is 5.69 Å². The standard InChI is InChI=1S/C18H16F4N2O3S/c1-2-23(10-12-4-3-5-14(19)8-12)17(25)11-28-16-7-6-13(18(20,21)22)9-15(16)24(26)27/h3-9H,2,10-11H2,1H3. The molecule has 0 aromatic heterocycles. The van der Waals surface area contributed by atoms with E-state index in [4.69, 9.17) is 0 Å². The van der Waals surface area contributed by atoms with Crippen molar-refractivity contribution in [2.24, 2.45) is 0 Å². The first-order valence-electron chi connectivity index (χ1n) is 8.12. The van der Waals surface area contributed by atoms with Crippen LogP contribution in [0.25, 0.3) is 0 Å². The normalized spacial score (nSPS) is 11.3. The van der Waals surface area contributed by atoms with Crippen LogP contribution in [0, 0.1) is 15.9 Å². The Bertz CT molecular complexity index is 874. The Kier molecular flexibility index (Phi) is 7.00. The highest BCUT2D eigenvalue weighted by molar-refractivity contribution is 8.00. The van der Waals surface area contributed by atoms with Crippen molar-refractivity contribution in [2.75, 3.05) is 12.3 Å². The van der Waals surface area contributed by atoms with E-state index in [1.807, 2.05) is 0 Å². The van der Waals surface area contributed by atoms with E-state index >= 15 is 0 Å². The molecule has 0 aliphatic heterocycles. The van der Waals surface area contributed by atoms with Crippen LogP contribution in [0.1, 0.15) is 18.1 Å². The van der Waals surface area contributed by atoms with E-state index < -0.39 is 28.2 Å². The predicted octanol–water partition coefficient (Wildman–Crippen LogP) is 4.89. The highest BCUT2D eigenvalue weighted by Crippen LogP contribution is 2.36. The molecule has 0 unspecified atom stereocenters. The smallest absolute Gasteiger partial charge is 0.338 e. The van der Waals surface area contributed by atoms with Gasteiger partial charge in [0.05, 0.1) is 21.1 Å². The number of nitro benzene ring substituents is 1. The van der Waals surface area contributed by atoms with Crippen molar-refractivity contribution in [2.45, 2.75) is 24.5 Å². The number of halogens is 4. The summed E-state index contributed by atoms with van der Waals surface area (Å²) in [7, 11) is 0. The van der Waals surface area contributed by atoms with Crippen molar-refractivity contribution in [1.82, 2.24) is 4.90 Å². The molecule has 1 amide bonds. The number of rotatable bonds is 7. The fraction of sp³-hybridized carbons (Fsp3) is 0.278. The fourth-order valence-electron chi connectivity index (χ4n) is 2.42. The molecule has 0 atom stereocenters. The van der Waals surface area contributed by atoms with Gasteiger partial charge in [-0.15, -0.1) is 11.8 Å². The van der Waals surface area contributed by atoms with Gasteiger partial charge in [-0.25, -0.2) is 4.39 Å². The number of carbonyl (C=O) groups excluding carboxylic acids is 1. The van der Waals surface area contributed by atoms with Gasteiger partial charge in [0.1, 0.15) is 5.82 Å². The Hall–Kier alpha value is -2.62. The van der Waals surface area contributed by atoms with Crippen molar-refractivity contribution in [3.05, 3.63) is 69.5 Å². The maximum Gasteiger partial charge on any atom is 0.416 e. The van der Waals surface area contributed by atoms with Crippen LogP contribution in [0.2, 0.25) is 0 Å². The Morgan fingerprint density at radius 2 is 1.93 bits per heavy atom. The van der Waals surface area contributed by atoms with Gasteiger partial charge in [0.15, 0.2) is 0 Å². The number of nitro groups is 1. The van der Waals surface area contributed by atoms with Crippen molar-refractivity contribution in [3.8, 4) is 0 Å². The van der Waals surface area contributed by atoms with Gasteiger partial charge in [0.2, 0.25) is 5.91 Å². The third-order valence-corrected chi connectivity index (χ3v) is 4.88. The summed E-state index contributed by atoms with van der Waals surface area (Å²) in [5, 5.41) is 11.1. The predicted molar refractivity (Wildman–Crippen MR) is 96.3 cm³/mol. The summed E-state index contributed by atoms with van der Waals surface area (Å²) in [5.74, 6) is -1.00. The van der Waals surface area contributed by atoms with E-state index in [1.165, 1.54) is 23.1 Å². The van der Waals surface area contributed by atoms with Gasteiger partial charge in [0, 0.05) is 19.2 Å². The van der Waals surface area contributed by atoms with Crippen molar-refractivity contribution >= 4 is 23.4 Å². The Labute approximate surface area is 162 Å². The van der Waals surface area contributed by atoms with Gasteiger partial charge in [-0.2, -0.15) is 13.2 Å². The first kappa shape index (κ1) is 21.7. The Morgan fingerprint density at radius 1 is 1.21 bits per heavy atom. The van der Waals surface area contributed by atoms with Crippen molar-refractivity contribution in [3.63, 3.8) is 0 Å². The van der Waals surface area contributed by atoms with Crippen molar-refractivity contribution < 1.29 is 27.3 Å². The molecule has 2 rings (SSSR count). The third kappa shape index (κ3) is 5.69. The van der Waals surface area contributed by atoms with E-state index in [2.05, 4.69) is 0 Å². The lowest BCUT2D eigenvalue weighted by molar-refractivity contribution is -0.388. The van der Waals surface area contributed by atoms with Gasteiger partial charge in [-0.05, 0) is 36.8 Å². The Balaban J connectivity index is 2.11. The molecule has 0 aliphatic carbocycles. The molecule has 28 heavy (non-hydrogen) atoms. The van der Waals surface area contributed by atoms with Gasteiger partial charge >= 0.3 is 6.18 Å². The second-order valence-electron chi connectivity index (χ2n) is 5.76. The average molecular weight is 416 g/mol. The zero-order valence-corrected chi connectivity index (χ0v) is 15.5. The molecule has 150 valence electrons. The van der Waals surface area contributed by atoms with Crippen molar-refractivity contribution in [1.29, 1.82) is 0 Å². The van der Waals surface area contributed by atoms with Crippen LogP contribution in [0.4, 0.5) is 23.2 Å². The van der Waals surface area contributed by atoms with E-state index in [9.17, 15) is 32.5 Å². The first-order chi connectivity index (χ1) is 13.1. The fourth-order valence-corrected chi connectivity index (χ4v) is 3.33. The minimum absolute atomic E-state index is 0.0341. The zero-order valence-electron chi connectivity index (χ0n) is 14.7. The van der Waals surface area contributed by atoms with Crippen LogP contribution < -0.4 is 0 Å². The van der Waals surface area contributed by atoms with E-state index in [-0.39, 0.29) is 23.1 Å². The van der Waals surface area contributed by atoms with Gasteiger partial charge in [-0.3, -0.25) is 14.9 Å². The number of nitrogens with zero attached hydrogens (tertiary/aromatic N) is 2. The monoisotopic (exact) mass is 416 g/mol. The maximum atomic E-state index is 13.3. The summed E-state index contributed by atoms with van der Waals surface area (Å²) >= 11 is 0.786. The lowest BCUT2D eigenvalue weighted by Gasteiger charge is -2.21. The summed E-state index contributed by atoms with van der Waals surface area (Å²) in [4.78, 5) is 24.0. The number of hydrogen-bond donors (Lipinski definition) is 0. The van der Waals surface area contributed by atoms with Crippen LogP contribution in [-0.2, 0) is 17.5 Å². The number of amides is 1. The van der Waals surface area contributed by atoms with Crippen LogP contribution in [0.15, 0.2) is 47.4 Å². The van der Waals surface area contributed by atoms with Crippen LogP contribution in [0.3, 0.4) is 0 Å². The lowest BCUT2D eigenvalue weighted by Crippen LogP contribution is -2.31. The molecule has 0 spiro atoms. The van der Waals surface area contributed by atoms with Gasteiger partial charge < -0.3 is 4.90 Å². The topological polar surface area (TPSA) is 63.5 Å². The SMILES string of the molecule is CCN(Cc1cccc(F)c1)C(=O)CSc1ccc(C(F)(F)F)cc1[N+](=O)[O-]. The average Bonchev–Trinajstić information content (AvgIpc) is 2.63. The minimum Gasteiger partial charge on any atom is -0.338 e. The summed E-state index contributed by atoms with van der Waals surface area (Å²) in [6.45, 7) is 2.20. The number of carbonyl (C=O) groups is 1. The molecule has 0 bridgehead atoms. The maximum absolute atomic E-state index is 13.3. The number of alkyl halides is 3. The largest absolute Gasteiger partial charge is 0.416 e. The molecule has 10 heteroatoms. The van der Waals surface area contributed by atoms with E-state index in [1.54, 1.807) is 13.0 Å². The van der Waals surface area contributed by atoms with Gasteiger partial charge in [-0.1, -0.05) is 12.1 Å². The molecule has 0 radical (unpaired) electrons. The molecular weight excluding hydrogens is 400 g/mol. The van der Waals surface area contributed by atoms with E-state index in [0.29, 0.717) is 18.2 Å². The summed E-state index contributed by atoms with van der Waals surface area (Å²) in [6.07, 6.45) is -4.70. The van der Waals surface area contributed by atoms with Crippen LogP contribution >= 0.6 is 11.8 Å². The number of benzene rings is 2. The van der Waals surface area contributed by atoms with E-state index in [0.717, 1.165) is 23.9 Å².